The number of hydrogen-bond donors (Lipinski definition) is 1. The fraction of sp³-hybridized carbons (Fsp3) is 0.688. The van der Waals surface area contributed by atoms with Crippen molar-refractivity contribution in [1.29, 1.82) is 0 Å². The minimum Gasteiger partial charge on any atom is -0.337 e. The Kier molecular flexibility index (Phi) is 5.53. The van der Waals surface area contributed by atoms with Gasteiger partial charge >= 0.3 is 0 Å². The van der Waals surface area contributed by atoms with Crippen LogP contribution in [0.3, 0.4) is 0 Å². The van der Waals surface area contributed by atoms with Crippen LogP contribution in [0.15, 0.2) is 5.38 Å². The standard InChI is InChI=1S/C16H26N2O3S2/c1-6-12-11(4)22-9-14(12)16(19)18-7-13(10(2)3)15(8-18)17-23(5,20)21/h9-10,13,15,17H,6-8H2,1-5H3/t13-,15+/m0/s1. The number of sulfonamides is 1. The van der Waals surface area contributed by atoms with E-state index in [1.54, 1.807) is 16.2 Å². The van der Waals surface area contributed by atoms with Crippen LogP contribution in [0.5, 0.6) is 0 Å². The van der Waals surface area contributed by atoms with Gasteiger partial charge < -0.3 is 4.90 Å². The third-order valence-corrected chi connectivity index (χ3v) is 6.25. The van der Waals surface area contributed by atoms with Crippen molar-refractivity contribution in [2.45, 2.75) is 40.2 Å². The highest BCUT2D eigenvalue weighted by Crippen LogP contribution is 2.29. The molecule has 0 aromatic carbocycles. The molecular weight excluding hydrogens is 332 g/mol. The van der Waals surface area contributed by atoms with E-state index in [0.717, 1.165) is 17.5 Å². The van der Waals surface area contributed by atoms with Crippen molar-refractivity contribution in [3.8, 4) is 0 Å². The SMILES string of the molecule is CCc1c(C(=O)N2C[C@@H](NS(C)(=O)=O)[C@H](C(C)C)C2)csc1C. The Bertz CT molecular complexity index is 679. The molecule has 0 radical (unpaired) electrons. The number of carbonyl (C=O) groups is 1. The average molecular weight is 359 g/mol. The lowest BCUT2D eigenvalue weighted by atomic mass is 9.92. The summed E-state index contributed by atoms with van der Waals surface area (Å²) in [6.45, 7) is 9.27. The average Bonchev–Trinajstić information content (AvgIpc) is 2.99. The van der Waals surface area contributed by atoms with Gasteiger partial charge in [0.25, 0.3) is 5.91 Å². The molecule has 0 aliphatic carbocycles. The monoisotopic (exact) mass is 358 g/mol. The second-order valence-corrected chi connectivity index (χ2v) is 9.52. The van der Waals surface area contributed by atoms with Gasteiger partial charge in [0.15, 0.2) is 0 Å². The molecule has 1 aliphatic heterocycles. The van der Waals surface area contributed by atoms with Crippen LogP contribution < -0.4 is 4.72 Å². The highest BCUT2D eigenvalue weighted by Gasteiger charge is 2.39. The maximum Gasteiger partial charge on any atom is 0.255 e. The molecule has 1 aromatic rings. The molecule has 1 aliphatic rings. The Morgan fingerprint density at radius 2 is 2.09 bits per heavy atom. The molecule has 1 amide bonds. The molecule has 23 heavy (non-hydrogen) atoms. The van der Waals surface area contributed by atoms with Crippen LogP contribution in [0.4, 0.5) is 0 Å². The van der Waals surface area contributed by atoms with E-state index in [1.807, 2.05) is 12.3 Å². The Labute approximate surface area is 143 Å². The van der Waals surface area contributed by atoms with Crippen molar-refractivity contribution in [1.82, 2.24) is 9.62 Å². The van der Waals surface area contributed by atoms with E-state index >= 15 is 0 Å². The molecule has 2 heterocycles. The van der Waals surface area contributed by atoms with Crippen LogP contribution in [0.25, 0.3) is 0 Å². The summed E-state index contributed by atoms with van der Waals surface area (Å²) in [4.78, 5) is 15.9. The molecule has 130 valence electrons. The van der Waals surface area contributed by atoms with Gasteiger partial charge in [-0.05, 0) is 30.7 Å². The molecular formula is C16H26N2O3S2. The highest BCUT2D eigenvalue weighted by molar-refractivity contribution is 7.88. The molecule has 1 N–H and O–H groups in total. The van der Waals surface area contributed by atoms with Gasteiger partial charge in [0.1, 0.15) is 0 Å². The van der Waals surface area contributed by atoms with Gasteiger partial charge in [-0.1, -0.05) is 20.8 Å². The van der Waals surface area contributed by atoms with Gasteiger partial charge in [-0.2, -0.15) is 0 Å². The van der Waals surface area contributed by atoms with E-state index in [-0.39, 0.29) is 17.9 Å². The second kappa shape index (κ2) is 6.91. The van der Waals surface area contributed by atoms with Crippen LogP contribution in [0.2, 0.25) is 0 Å². The summed E-state index contributed by atoms with van der Waals surface area (Å²) in [5.41, 5.74) is 1.89. The molecule has 0 saturated carbocycles. The number of likely N-dealkylation sites (tertiary alicyclic amines) is 1. The van der Waals surface area contributed by atoms with Crippen LogP contribution in [0.1, 0.15) is 41.6 Å². The van der Waals surface area contributed by atoms with E-state index in [0.29, 0.717) is 19.0 Å². The molecule has 0 spiro atoms. The minimum atomic E-state index is -3.28. The zero-order valence-electron chi connectivity index (χ0n) is 14.4. The molecule has 1 aromatic heterocycles. The van der Waals surface area contributed by atoms with E-state index in [2.05, 4.69) is 25.5 Å². The zero-order chi connectivity index (χ0) is 17.4. The highest BCUT2D eigenvalue weighted by atomic mass is 32.2. The Morgan fingerprint density at radius 3 is 2.61 bits per heavy atom. The van der Waals surface area contributed by atoms with E-state index in [1.165, 1.54) is 11.1 Å². The number of nitrogens with zero attached hydrogens (tertiary/aromatic N) is 1. The molecule has 7 heteroatoms. The predicted octanol–water partition coefficient (Wildman–Crippen LogP) is 2.26. The molecule has 5 nitrogen and oxygen atoms in total. The number of thiophene rings is 1. The largest absolute Gasteiger partial charge is 0.337 e. The first-order chi connectivity index (χ1) is 10.6. The lowest BCUT2D eigenvalue weighted by molar-refractivity contribution is 0.0782. The summed E-state index contributed by atoms with van der Waals surface area (Å²) in [5.74, 6) is 0.468. The Hall–Kier alpha value is -0.920. The number of amides is 1. The van der Waals surface area contributed by atoms with Crippen LogP contribution in [-0.2, 0) is 16.4 Å². The van der Waals surface area contributed by atoms with Crippen molar-refractivity contribution in [3.05, 3.63) is 21.4 Å². The summed E-state index contributed by atoms with van der Waals surface area (Å²) < 4.78 is 25.9. The van der Waals surface area contributed by atoms with Gasteiger partial charge in [-0.25, -0.2) is 13.1 Å². The zero-order valence-corrected chi connectivity index (χ0v) is 16.1. The summed E-state index contributed by atoms with van der Waals surface area (Å²) in [6, 6.07) is -0.209. The van der Waals surface area contributed by atoms with Crippen LogP contribution in [-0.4, -0.2) is 44.6 Å². The fourth-order valence-corrected chi connectivity index (χ4v) is 5.07. The summed E-state index contributed by atoms with van der Waals surface area (Å²) in [7, 11) is -3.28. The Morgan fingerprint density at radius 1 is 1.43 bits per heavy atom. The molecule has 2 atom stereocenters. The molecule has 2 rings (SSSR count). The Balaban J connectivity index is 2.22. The number of rotatable bonds is 5. The quantitative estimate of drug-likeness (QED) is 0.878. The lowest BCUT2D eigenvalue weighted by Crippen LogP contribution is -2.41. The van der Waals surface area contributed by atoms with Crippen LogP contribution in [0, 0.1) is 18.8 Å². The summed E-state index contributed by atoms with van der Waals surface area (Å²) in [6.07, 6.45) is 2.01. The third-order valence-electron chi connectivity index (χ3n) is 4.56. The van der Waals surface area contributed by atoms with Crippen LogP contribution >= 0.6 is 11.3 Å². The first kappa shape index (κ1) is 18.4. The molecule has 1 saturated heterocycles. The maximum atomic E-state index is 12.9. The van der Waals surface area contributed by atoms with E-state index < -0.39 is 10.0 Å². The van der Waals surface area contributed by atoms with Gasteiger partial charge in [-0.3, -0.25) is 4.79 Å². The normalized spacial score (nSPS) is 22.1. The van der Waals surface area contributed by atoms with Crippen molar-refractivity contribution in [2.75, 3.05) is 19.3 Å². The summed E-state index contributed by atoms with van der Waals surface area (Å²) >= 11 is 1.60. The van der Waals surface area contributed by atoms with Gasteiger partial charge in [-0.15, -0.1) is 11.3 Å². The fourth-order valence-electron chi connectivity index (χ4n) is 3.34. The van der Waals surface area contributed by atoms with Crippen molar-refractivity contribution in [2.24, 2.45) is 11.8 Å². The topological polar surface area (TPSA) is 66.5 Å². The number of aryl methyl sites for hydroxylation is 1. The van der Waals surface area contributed by atoms with E-state index in [4.69, 9.17) is 0 Å². The molecule has 1 fully saturated rings. The summed E-state index contributed by atoms with van der Waals surface area (Å²) in [5, 5.41) is 1.93. The third kappa shape index (κ3) is 4.14. The van der Waals surface area contributed by atoms with Gasteiger partial charge in [0, 0.05) is 29.4 Å². The smallest absolute Gasteiger partial charge is 0.255 e. The number of carbonyl (C=O) groups excluding carboxylic acids is 1. The molecule has 0 unspecified atom stereocenters. The van der Waals surface area contributed by atoms with Crippen molar-refractivity contribution in [3.63, 3.8) is 0 Å². The molecule has 0 bridgehead atoms. The number of hydrogen-bond acceptors (Lipinski definition) is 4. The van der Waals surface area contributed by atoms with Crippen molar-refractivity contribution < 1.29 is 13.2 Å². The van der Waals surface area contributed by atoms with Gasteiger partial charge in [0.05, 0.1) is 11.8 Å². The maximum absolute atomic E-state index is 12.9. The lowest BCUT2D eigenvalue weighted by Gasteiger charge is -2.21. The predicted molar refractivity (Wildman–Crippen MR) is 94.4 cm³/mol. The number of nitrogens with one attached hydrogen (secondary N) is 1. The first-order valence-electron chi connectivity index (χ1n) is 7.97. The minimum absolute atomic E-state index is 0.0228. The van der Waals surface area contributed by atoms with Crippen molar-refractivity contribution >= 4 is 27.3 Å². The van der Waals surface area contributed by atoms with E-state index in [9.17, 15) is 13.2 Å². The first-order valence-corrected chi connectivity index (χ1v) is 10.7. The van der Waals surface area contributed by atoms with Gasteiger partial charge in [0.2, 0.25) is 10.0 Å². The second-order valence-electron chi connectivity index (χ2n) is 6.65.